The van der Waals surface area contributed by atoms with E-state index in [1.54, 1.807) is 44.6 Å². The number of ether oxygens (including phenoxy) is 3. The Labute approximate surface area is 182 Å². The monoisotopic (exact) mass is 511 g/mol. The molecule has 2 aromatic rings. The van der Waals surface area contributed by atoms with Gasteiger partial charge in [0.2, 0.25) is 11.8 Å². The zero-order valence-electron chi connectivity index (χ0n) is 16.3. The molecule has 0 saturated carbocycles. The van der Waals surface area contributed by atoms with E-state index >= 15 is 0 Å². The number of para-hydroxylation sites is 2. The summed E-state index contributed by atoms with van der Waals surface area (Å²) in [6.07, 6.45) is 1.52. The van der Waals surface area contributed by atoms with Gasteiger partial charge in [0, 0.05) is 12.8 Å². The van der Waals surface area contributed by atoms with Crippen LogP contribution in [0.3, 0.4) is 0 Å². The summed E-state index contributed by atoms with van der Waals surface area (Å²) in [7, 11) is 4.64. The van der Waals surface area contributed by atoms with Crippen molar-refractivity contribution in [1.29, 1.82) is 0 Å². The van der Waals surface area contributed by atoms with Gasteiger partial charge >= 0.3 is 0 Å². The van der Waals surface area contributed by atoms with Crippen molar-refractivity contribution >= 4 is 46.3 Å². The highest BCUT2D eigenvalue weighted by Gasteiger charge is 2.11. The number of nitrogens with one attached hydrogen (secondary N) is 2. The molecule has 2 rings (SSSR count). The Morgan fingerprint density at radius 3 is 2.38 bits per heavy atom. The van der Waals surface area contributed by atoms with Crippen LogP contribution in [-0.4, -0.2) is 39.4 Å². The quantitative estimate of drug-likeness (QED) is 0.306. The predicted molar refractivity (Wildman–Crippen MR) is 119 cm³/mol. The van der Waals surface area contributed by atoms with Gasteiger partial charge in [0.15, 0.2) is 11.5 Å². The van der Waals surface area contributed by atoms with Crippen molar-refractivity contribution in [2.75, 3.05) is 26.6 Å². The summed E-state index contributed by atoms with van der Waals surface area (Å²) in [6, 6.07) is 10.7. The molecule has 0 spiro atoms. The van der Waals surface area contributed by atoms with Gasteiger partial charge in [0.05, 0.1) is 36.8 Å². The molecule has 2 N–H and O–H groups in total. The zero-order chi connectivity index (χ0) is 21.2. The SMILES string of the molecule is COc1ccccc1NC(=O)CCC(=O)NN=Cc1cc(I)c(OC)c(OC)c1. The van der Waals surface area contributed by atoms with E-state index in [0.29, 0.717) is 22.9 Å². The van der Waals surface area contributed by atoms with Crippen LogP contribution >= 0.6 is 22.6 Å². The number of anilines is 1. The van der Waals surface area contributed by atoms with Crippen molar-refractivity contribution in [3.8, 4) is 17.2 Å². The van der Waals surface area contributed by atoms with Gasteiger partial charge in [0.25, 0.3) is 0 Å². The minimum Gasteiger partial charge on any atom is -0.495 e. The molecule has 2 aromatic carbocycles. The number of nitrogens with zero attached hydrogens (tertiary/aromatic N) is 1. The number of carbonyl (C=O) groups excluding carboxylic acids is 2. The highest BCUT2D eigenvalue weighted by Crippen LogP contribution is 2.33. The van der Waals surface area contributed by atoms with Crippen molar-refractivity contribution in [2.24, 2.45) is 5.10 Å². The van der Waals surface area contributed by atoms with Crippen LogP contribution in [0.1, 0.15) is 18.4 Å². The Bertz CT molecular complexity index is 902. The smallest absolute Gasteiger partial charge is 0.240 e. The number of carbonyl (C=O) groups is 2. The molecule has 0 aliphatic rings. The van der Waals surface area contributed by atoms with Crippen LogP contribution in [-0.2, 0) is 9.59 Å². The van der Waals surface area contributed by atoms with Crippen LogP contribution in [0.4, 0.5) is 5.69 Å². The van der Waals surface area contributed by atoms with E-state index < -0.39 is 0 Å². The highest BCUT2D eigenvalue weighted by atomic mass is 127. The summed E-state index contributed by atoms with van der Waals surface area (Å²) in [4.78, 5) is 24.0. The standard InChI is InChI=1S/C20H22IN3O5/c1-27-16-7-5-4-6-15(16)23-18(25)8-9-19(26)24-22-12-13-10-14(21)20(29-3)17(11-13)28-2/h4-7,10-12H,8-9H2,1-3H3,(H,23,25)(H,24,26). The maximum Gasteiger partial charge on any atom is 0.240 e. The molecule has 0 aromatic heterocycles. The summed E-state index contributed by atoms with van der Waals surface area (Å²) in [5.74, 6) is 1.10. The molecule has 0 saturated heterocycles. The molecule has 9 heteroatoms. The predicted octanol–water partition coefficient (Wildman–Crippen LogP) is 3.19. The van der Waals surface area contributed by atoms with Crippen molar-refractivity contribution in [2.45, 2.75) is 12.8 Å². The fourth-order valence-electron chi connectivity index (χ4n) is 2.43. The summed E-state index contributed by atoms with van der Waals surface area (Å²) in [5.41, 5.74) is 3.70. The largest absolute Gasteiger partial charge is 0.495 e. The maximum absolute atomic E-state index is 12.0. The normalized spacial score (nSPS) is 10.5. The minimum absolute atomic E-state index is 0.00178. The molecule has 0 radical (unpaired) electrons. The van der Waals surface area contributed by atoms with Gasteiger partial charge in [-0.1, -0.05) is 12.1 Å². The van der Waals surface area contributed by atoms with E-state index in [2.05, 4.69) is 38.4 Å². The molecule has 154 valence electrons. The Morgan fingerprint density at radius 1 is 1.00 bits per heavy atom. The first-order chi connectivity index (χ1) is 14.0. The summed E-state index contributed by atoms with van der Waals surface area (Å²) >= 11 is 2.13. The van der Waals surface area contributed by atoms with E-state index in [1.165, 1.54) is 13.3 Å². The maximum atomic E-state index is 12.0. The van der Waals surface area contributed by atoms with E-state index in [0.717, 1.165) is 9.13 Å². The topological polar surface area (TPSA) is 98.2 Å². The fraction of sp³-hybridized carbons (Fsp3) is 0.250. The fourth-order valence-corrected chi connectivity index (χ4v) is 3.28. The van der Waals surface area contributed by atoms with Crippen LogP contribution in [0.15, 0.2) is 41.5 Å². The van der Waals surface area contributed by atoms with Gasteiger partial charge in [-0.3, -0.25) is 9.59 Å². The molecule has 0 aliphatic carbocycles. The molecule has 0 aliphatic heterocycles. The van der Waals surface area contributed by atoms with E-state index in [4.69, 9.17) is 14.2 Å². The van der Waals surface area contributed by atoms with Crippen LogP contribution in [0.5, 0.6) is 17.2 Å². The lowest BCUT2D eigenvalue weighted by Gasteiger charge is -2.10. The van der Waals surface area contributed by atoms with Gasteiger partial charge in [0.1, 0.15) is 5.75 Å². The Morgan fingerprint density at radius 2 is 1.69 bits per heavy atom. The van der Waals surface area contributed by atoms with Crippen LogP contribution in [0, 0.1) is 3.57 Å². The first-order valence-electron chi connectivity index (χ1n) is 8.64. The number of hydrazone groups is 1. The van der Waals surface area contributed by atoms with Crippen LogP contribution in [0.25, 0.3) is 0 Å². The van der Waals surface area contributed by atoms with Gasteiger partial charge < -0.3 is 19.5 Å². The van der Waals surface area contributed by atoms with Crippen LogP contribution < -0.4 is 25.0 Å². The lowest BCUT2D eigenvalue weighted by molar-refractivity contribution is -0.124. The number of methoxy groups -OCH3 is 3. The van der Waals surface area contributed by atoms with Crippen molar-refractivity contribution < 1.29 is 23.8 Å². The average molecular weight is 511 g/mol. The third kappa shape index (κ3) is 6.63. The Hall–Kier alpha value is -2.82. The van der Waals surface area contributed by atoms with Gasteiger partial charge in [-0.25, -0.2) is 5.43 Å². The lowest BCUT2D eigenvalue weighted by atomic mass is 10.2. The van der Waals surface area contributed by atoms with Gasteiger partial charge in [-0.15, -0.1) is 0 Å². The van der Waals surface area contributed by atoms with Crippen molar-refractivity contribution in [3.63, 3.8) is 0 Å². The molecule has 0 unspecified atom stereocenters. The van der Waals surface area contributed by atoms with Gasteiger partial charge in [-0.2, -0.15) is 5.10 Å². The molecule has 2 amide bonds. The molecular formula is C20H22IN3O5. The van der Waals surface area contributed by atoms with Crippen molar-refractivity contribution in [1.82, 2.24) is 5.43 Å². The molecule has 29 heavy (non-hydrogen) atoms. The zero-order valence-corrected chi connectivity index (χ0v) is 18.5. The number of amides is 2. The second-order valence-electron chi connectivity index (χ2n) is 5.78. The van der Waals surface area contributed by atoms with Crippen molar-refractivity contribution in [3.05, 3.63) is 45.5 Å². The Kier molecular flexibility index (Phi) is 8.71. The molecule has 0 heterocycles. The van der Waals surface area contributed by atoms with E-state index in [-0.39, 0.29) is 24.7 Å². The second-order valence-corrected chi connectivity index (χ2v) is 6.94. The first-order valence-corrected chi connectivity index (χ1v) is 9.72. The lowest BCUT2D eigenvalue weighted by Crippen LogP contribution is -2.20. The van der Waals surface area contributed by atoms with E-state index in [1.807, 2.05) is 6.07 Å². The number of hydrogen-bond acceptors (Lipinski definition) is 6. The number of hydrogen-bond donors (Lipinski definition) is 2. The third-order valence-corrected chi connectivity index (χ3v) is 4.62. The average Bonchev–Trinajstić information content (AvgIpc) is 2.72. The molecule has 0 bridgehead atoms. The summed E-state index contributed by atoms with van der Waals surface area (Å²) in [5, 5.41) is 6.65. The van der Waals surface area contributed by atoms with E-state index in [9.17, 15) is 9.59 Å². The highest BCUT2D eigenvalue weighted by molar-refractivity contribution is 14.1. The molecular weight excluding hydrogens is 489 g/mol. The minimum atomic E-state index is -0.369. The van der Waals surface area contributed by atoms with Crippen LogP contribution in [0.2, 0.25) is 0 Å². The Balaban J connectivity index is 1.85. The van der Waals surface area contributed by atoms with Gasteiger partial charge in [-0.05, 0) is 52.4 Å². The number of halogens is 1. The summed E-state index contributed by atoms with van der Waals surface area (Å²) < 4.78 is 16.6. The molecule has 0 atom stereocenters. The first kappa shape index (κ1) is 22.5. The summed E-state index contributed by atoms with van der Waals surface area (Å²) in [6.45, 7) is 0. The molecule has 0 fully saturated rings. The third-order valence-electron chi connectivity index (χ3n) is 3.82. The number of rotatable bonds is 9. The number of benzene rings is 2. The molecule has 8 nitrogen and oxygen atoms in total. The second kappa shape index (κ2) is 11.2.